The first-order valence-electron chi connectivity index (χ1n) is 8.87. The molecule has 0 aliphatic rings. The second kappa shape index (κ2) is 11.6. The molecule has 0 bridgehead atoms. The summed E-state index contributed by atoms with van der Waals surface area (Å²) in [7, 11) is 0. The first kappa shape index (κ1) is 24.7. The van der Waals surface area contributed by atoms with Gasteiger partial charge in [-0.15, -0.1) is 0 Å². The third kappa shape index (κ3) is 8.69. The van der Waals surface area contributed by atoms with E-state index in [1.165, 1.54) is 42.5 Å². The average Bonchev–Trinajstić information content (AvgIpc) is 2.71. The van der Waals surface area contributed by atoms with Crippen LogP contribution in [0.5, 0.6) is 5.75 Å². The van der Waals surface area contributed by atoms with E-state index in [9.17, 15) is 30.3 Å². The quantitative estimate of drug-likeness (QED) is 0.433. The highest BCUT2D eigenvalue weighted by Crippen LogP contribution is 2.16. The smallest absolute Gasteiger partial charge is 0.269 e. The zero-order valence-electron chi connectivity index (χ0n) is 17.1. The van der Waals surface area contributed by atoms with E-state index >= 15 is 0 Å². The van der Waals surface area contributed by atoms with Gasteiger partial charge in [0.2, 0.25) is 0 Å². The summed E-state index contributed by atoms with van der Waals surface area (Å²) >= 11 is 0. The van der Waals surface area contributed by atoms with Crippen molar-refractivity contribution in [3.05, 3.63) is 114 Å². The van der Waals surface area contributed by atoms with Crippen LogP contribution < -0.4 is 0 Å². The third-order valence-corrected chi connectivity index (χ3v) is 4.01. The van der Waals surface area contributed by atoms with Gasteiger partial charge in [-0.1, -0.05) is 23.8 Å². The molecule has 0 heterocycles. The van der Waals surface area contributed by atoms with Gasteiger partial charge in [0.25, 0.3) is 17.1 Å². The number of nitro groups is 3. The topological polar surface area (TPSA) is 150 Å². The summed E-state index contributed by atoms with van der Waals surface area (Å²) in [6, 6.07) is 16.3. The number of hydrogen-bond acceptors (Lipinski definition) is 7. The number of hydrogen-bond donors (Lipinski definition) is 1. The summed E-state index contributed by atoms with van der Waals surface area (Å²) in [6.45, 7) is 5.69. The maximum Gasteiger partial charge on any atom is 0.269 e. The number of phenolic OH excluding ortho intramolecular Hbond substituents is 1. The number of nitro benzene ring substituents is 3. The molecule has 3 aromatic carbocycles. The number of aryl methyl sites for hydroxylation is 3. The Morgan fingerprint density at radius 1 is 0.581 bits per heavy atom. The van der Waals surface area contributed by atoms with E-state index in [4.69, 9.17) is 5.11 Å². The van der Waals surface area contributed by atoms with E-state index in [0.717, 1.165) is 16.7 Å². The minimum Gasteiger partial charge on any atom is -0.508 e. The van der Waals surface area contributed by atoms with E-state index in [0.29, 0.717) is 0 Å². The Hall–Kier alpha value is -4.34. The van der Waals surface area contributed by atoms with Crippen LogP contribution in [-0.4, -0.2) is 19.9 Å². The van der Waals surface area contributed by atoms with Gasteiger partial charge in [0, 0.05) is 36.4 Å². The van der Waals surface area contributed by atoms with Gasteiger partial charge in [-0.25, -0.2) is 0 Å². The van der Waals surface area contributed by atoms with Crippen molar-refractivity contribution in [3.8, 4) is 5.75 Å². The van der Waals surface area contributed by atoms with Crippen LogP contribution in [0.25, 0.3) is 0 Å². The summed E-state index contributed by atoms with van der Waals surface area (Å²) in [5.74, 6) is 0.0330. The Balaban J connectivity index is 0.000000233. The second-order valence-electron chi connectivity index (χ2n) is 6.39. The van der Waals surface area contributed by atoms with E-state index in [-0.39, 0.29) is 27.7 Å². The summed E-state index contributed by atoms with van der Waals surface area (Å²) in [4.78, 5) is 29.1. The molecule has 0 aliphatic carbocycles. The largest absolute Gasteiger partial charge is 0.508 e. The first-order chi connectivity index (χ1) is 14.5. The minimum absolute atomic E-state index is 0.0159. The fraction of sp³-hybridized carbons (Fsp3) is 0.143. The van der Waals surface area contributed by atoms with Crippen molar-refractivity contribution < 1.29 is 19.9 Å². The molecule has 0 saturated carbocycles. The maximum absolute atomic E-state index is 10.3. The first-order valence-corrected chi connectivity index (χ1v) is 8.87. The molecule has 0 atom stereocenters. The lowest BCUT2D eigenvalue weighted by Gasteiger charge is -1.97. The van der Waals surface area contributed by atoms with Crippen molar-refractivity contribution in [2.24, 2.45) is 0 Å². The van der Waals surface area contributed by atoms with Gasteiger partial charge in [-0.3, -0.25) is 30.3 Å². The van der Waals surface area contributed by atoms with Crippen molar-refractivity contribution in [2.45, 2.75) is 20.8 Å². The van der Waals surface area contributed by atoms with Crippen molar-refractivity contribution in [1.29, 1.82) is 0 Å². The predicted molar refractivity (Wildman–Crippen MR) is 115 cm³/mol. The van der Waals surface area contributed by atoms with Gasteiger partial charge in [0.05, 0.1) is 14.8 Å². The Labute approximate surface area is 177 Å². The van der Waals surface area contributed by atoms with Gasteiger partial charge in [-0.2, -0.15) is 0 Å². The zero-order valence-corrected chi connectivity index (χ0v) is 17.1. The molecule has 0 aliphatic heterocycles. The van der Waals surface area contributed by atoms with E-state index in [1.54, 1.807) is 24.3 Å². The fourth-order valence-corrected chi connectivity index (χ4v) is 2.08. The summed E-state index contributed by atoms with van der Waals surface area (Å²) in [5, 5.41) is 39.1. The number of aromatic hydroxyl groups is 1. The van der Waals surface area contributed by atoms with Crippen LogP contribution in [0.15, 0.2) is 66.7 Å². The van der Waals surface area contributed by atoms with Crippen LogP contribution in [-0.2, 0) is 0 Å². The number of nitrogens with zero attached hydrogens (tertiary/aromatic N) is 3. The molecule has 0 aromatic heterocycles. The molecule has 10 nitrogen and oxygen atoms in total. The van der Waals surface area contributed by atoms with Crippen molar-refractivity contribution in [2.75, 3.05) is 0 Å². The van der Waals surface area contributed by atoms with Gasteiger partial charge >= 0.3 is 0 Å². The van der Waals surface area contributed by atoms with E-state index in [2.05, 4.69) is 0 Å². The lowest BCUT2D eigenvalue weighted by Crippen LogP contribution is -1.89. The Morgan fingerprint density at radius 3 is 1.35 bits per heavy atom. The van der Waals surface area contributed by atoms with E-state index in [1.807, 2.05) is 20.8 Å². The molecule has 0 spiro atoms. The number of rotatable bonds is 3. The molecule has 0 saturated heterocycles. The molecule has 0 amide bonds. The number of benzene rings is 3. The molecular formula is C21H21N3O7. The number of non-ortho nitro benzene ring substituents is 3. The molecule has 0 unspecified atom stereocenters. The van der Waals surface area contributed by atoms with Crippen LogP contribution in [0.4, 0.5) is 17.1 Å². The molecule has 162 valence electrons. The summed E-state index contributed by atoms with van der Waals surface area (Å²) in [5.41, 5.74) is 3.36. The highest BCUT2D eigenvalue weighted by atomic mass is 16.6. The van der Waals surface area contributed by atoms with Crippen molar-refractivity contribution in [3.63, 3.8) is 0 Å². The standard InChI is InChI=1S/C8H9NO2.C7H7NO2.C6H5NO3/c1-6-3-4-8(9(10)11)5-7(6)2;1-6-2-4-7(5-3-6)8(9)10;8-6-3-1-5(2-4-6)7(9)10/h3-5H,1-2H3;2-5H,1H3;1-4,8H. The highest BCUT2D eigenvalue weighted by Gasteiger charge is 2.05. The highest BCUT2D eigenvalue weighted by molar-refractivity contribution is 5.38. The third-order valence-electron chi connectivity index (χ3n) is 4.01. The SMILES string of the molecule is Cc1ccc([N+](=O)[O-])cc1.Cc1ccc([N+](=O)[O-])cc1C.O=[N+]([O-])c1ccc(O)cc1. The molecule has 0 fully saturated rings. The van der Waals surface area contributed by atoms with Crippen molar-refractivity contribution in [1.82, 2.24) is 0 Å². The lowest BCUT2D eigenvalue weighted by atomic mass is 10.1. The van der Waals surface area contributed by atoms with Crippen LogP contribution in [0.1, 0.15) is 16.7 Å². The molecule has 0 radical (unpaired) electrons. The molecule has 3 aromatic rings. The normalized spacial score (nSPS) is 9.39. The fourth-order valence-electron chi connectivity index (χ4n) is 2.08. The number of phenols is 1. The zero-order chi connectivity index (χ0) is 23.6. The van der Waals surface area contributed by atoms with Crippen LogP contribution in [0, 0.1) is 51.1 Å². The second-order valence-corrected chi connectivity index (χ2v) is 6.39. The summed E-state index contributed by atoms with van der Waals surface area (Å²) in [6.07, 6.45) is 0. The average molecular weight is 427 g/mol. The molecule has 10 heteroatoms. The lowest BCUT2D eigenvalue weighted by molar-refractivity contribution is -0.385. The predicted octanol–water partition coefficient (Wildman–Crippen LogP) is 5.42. The molecule has 31 heavy (non-hydrogen) atoms. The molecule has 1 N–H and O–H groups in total. The molecule has 3 rings (SSSR count). The summed E-state index contributed by atoms with van der Waals surface area (Å²) < 4.78 is 0. The van der Waals surface area contributed by atoms with Crippen molar-refractivity contribution >= 4 is 17.1 Å². The van der Waals surface area contributed by atoms with Gasteiger partial charge in [0.15, 0.2) is 0 Å². The van der Waals surface area contributed by atoms with Gasteiger partial charge in [-0.05, 0) is 44.0 Å². The van der Waals surface area contributed by atoms with Crippen LogP contribution in [0.3, 0.4) is 0 Å². The van der Waals surface area contributed by atoms with Gasteiger partial charge < -0.3 is 5.11 Å². The van der Waals surface area contributed by atoms with E-state index < -0.39 is 9.85 Å². The van der Waals surface area contributed by atoms with Crippen LogP contribution >= 0.6 is 0 Å². The maximum atomic E-state index is 10.3. The Morgan fingerprint density at radius 2 is 0.968 bits per heavy atom. The van der Waals surface area contributed by atoms with Crippen LogP contribution in [0.2, 0.25) is 0 Å². The Bertz CT molecular complexity index is 994. The van der Waals surface area contributed by atoms with Gasteiger partial charge in [0.1, 0.15) is 5.75 Å². The molecular weight excluding hydrogens is 406 g/mol. The monoisotopic (exact) mass is 427 g/mol. The minimum atomic E-state index is -0.514. The Kier molecular flexibility index (Phi) is 9.25.